The van der Waals surface area contributed by atoms with E-state index in [1.54, 1.807) is 7.11 Å². The number of nitrogens with zero attached hydrogens (tertiary/aromatic N) is 3. The third-order valence-electron chi connectivity index (χ3n) is 5.73. The highest BCUT2D eigenvalue weighted by Crippen LogP contribution is 2.26. The fourth-order valence-electron chi connectivity index (χ4n) is 3.60. The zero-order chi connectivity index (χ0) is 20.9. The van der Waals surface area contributed by atoms with Gasteiger partial charge in [-0.25, -0.2) is 0 Å². The average Bonchev–Trinajstić information content (AvgIpc) is 3.53. The van der Waals surface area contributed by atoms with E-state index < -0.39 is 0 Å². The van der Waals surface area contributed by atoms with Crippen molar-refractivity contribution in [2.45, 2.75) is 38.1 Å². The molecule has 2 aliphatic rings. The van der Waals surface area contributed by atoms with Gasteiger partial charge in [0.25, 0.3) is 0 Å². The summed E-state index contributed by atoms with van der Waals surface area (Å²) in [4.78, 5) is 21.0. The topological polar surface area (TPSA) is 69.2 Å². The normalized spacial score (nSPS) is 17.9. The predicted molar refractivity (Wildman–Crippen MR) is 132 cm³/mol. The number of halogens is 1. The smallest absolute Gasteiger partial charge is 0.234 e. The summed E-state index contributed by atoms with van der Waals surface area (Å²) < 4.78 is 5.37. The Kier molecular flexibility index (Phi) is 9.21. The summed E-state index contributed by atoms with van der Waals surface area (Å²) in [6, 6.07) is 8.66. The Morgan fingerprint density at radius 2 is 1.93 bits per heavy atom. The molecule has 168 valence electrons. The fraction of sp³-hybridized carbons (Fsp3) is 0.636. The molecule has 0 unspecified atom stereocenters. The number of rotatable bonds is 7. The number of benzene rings is 1. The molecule has 1 aliphatic heterocycles. The number of hydrogen-bond acceptors (Lipinski definition) is 4. The molecule has 1 aromatic rings. The van der Waals surface area contributed by atoms with E-state index in [1.165, 1.54) is 5.56 Å². The quantitative estimate of drug-likeness (QED) is 0.322. The van der Waals surface area contributed by atoms with Crippen molar-refractivity contribution in [3.8, 4) is 5.75 Å². The van der Waals surface area contributed by atoms with Crippen molar-refractivity contribution in [1.29, 1.82) is 0 Å². The zero-order valence-corrected chi connectivity index (χ0v) is 20.9. The van der Waals surface area contributed by atoms with Gasteiger partial charge in [-0.1, -0.05) is 26.0 Å². The molecule has 7 nitrogen and oxygen atoms in total. The molecular formula is C22H36IN5O2. The fourth-order valence-corrected chi connectivity index (χ4v) is 3.60. The second-order valence-corrected chi connectivity index (χ2v) is 8.62. The van der Waals surface area contributed by atoms with Crippen molar-refractivity contribution in [3.63, 3.8) is 0 Å². The molecular weight excluding hydrogens is 493 g/mol. The number of carbonyl (C=O) groups is 1. The summed E-state index contributed by atoms with van der Waals surface area (Å²) in [5, 5.41) is 6.61. The van der Waals surface area contributed by atoms with Crippen LogP contribution in [-0.4, -0.2) is 81.1 Å². The summed E-state index contributed by atoms with van der Waals surface area (Å²) in [7, 11) is 3.53. The van der Waals surface area contributed by atoms with Gasteiger partial charge in [0.15, 0.2) is 5.96 Å². The monoisotopic (exact) mass is 529 g/mol. The first-order valence-corrected chi connectivity index (χ1v) is 10.5. The van der Waals surface area contributed by atoms with Gasteiger partial charge in [-0.05, 0) is 30.5 Å². The van der Waals surface area contributed by atoms with Crippen molar-refractivity contribution in [2.75, 3.05) is 53.4 Å². The second kappa shape index (κ2) is 11.2. The molecule has 30 heavy (non-hydrogen) atoms. The molecule has 1 saturated carbocycles. The Morgan fingerprint density at radius 1 is 1.23 bits per heavy atom. The highest BCUT2D eigenvalue weighted by atomic mass is 127. The molecule has 1 saturated heterocycles. The maximum Gasteiger partial charge on any atom is 0.234 e. The second-order valence-electron chi connectivity index (χ2n) is 8.62. The minimum Gasteiger partial charge on any atom is -0.497 e. The number of methoxy groups -OCH3 is 1. The third-order valence-corrected chi connectivity index (χ3v) is 5.73. The van der Waals surface area contributed by atoms with Crippen LogP contribution in [0.15, 0.2) is 29.3 Å². The first-order valence-electron chi connectivity index (χ1n) is 10.5. The minimum absolute atomic E-state index is 0. The van der Waals surface area contributed by atoms with Gasteiger partial charge in [0.2, 0.25) is 5.91 Å². The maximum atomic E-state index is 12.0. The molecule has 0 spiro atoms. The molecule has 0 radical (unpaired) electrons. The average molecular weight is 529 g/mol. The lowest BCUT2D eigenvalue weighted by atomic mass is 9.84. The van der Waals surface area contributed by atoms with E-state index in [-0.39, 0.29) is 35.3 Å². The number of aliphatic imine (C=N–C) groups is 1. The lowest BCUT2D eigenvalue weighted by Gasteiger charge is -2.37. The molecule has 1 aromatic carbocycles. The Morgan fingerprint density at radius 3 is 2.53 bits per heavy atom. The summed E-state index contributed by atoms with van der Waals surface area (Å²) in [6.07, 6.45) is 2.27. The van der Waals surface area contributed by atoms with E-state index in [4.69, 9.17) is 4.74 Å². The Bertz CT molecular complexity index is 728. The van der Waals surface area contributed by atoms with Crippen LogP contribution in [0.25, 0.3) is 0 Å². The molecule has 2 fully saturated rings. The summed E-state index contributed by atoms with van der Waals surface area (Å²) in [5.41, 5.74) is 1.17. The number of piperazine rings is 1. The Balaban J connectivity index is 0.00000320. The van der Waals surface area contributed by atoms with Crippen molar-refractivity contribution >= 4 is 35.8 Å². The number of hydrogen-bond donors (Lipinski definition) is 2. The van der Waals surface area contributed by atoms with Gasteiger partial charge in [0.1, 0.15) is 5.75 Å². The molecule has 0 atom stereocenters. The predicted octanol–water partition coefficient (Wildman–Crippen LogP) is 2.06. The number of guanidine groups is 1. The lowest BCUT2D eigenvalue weighted by Crippen LogP contribution is -2.55. The van der Waals surface area contributed by atoms with Gasteiger partial charge in [-0.2, -0.15) is 0 Å². The maximum absolute atomic E-state index is 12.0. The van der Waals surface area contributed by atoms with Crippen LogP contribution >= 0.6 is 24.0 Å². The van der Waals surface area contributed by atoms with Crippen LogP contribution < -0.4 is 15.4 Å². The van der Waals surface area contributed by atoms with Gasteiger partial charge in [-0.15, -0.1) is 24.0 Å². The third kappa shape index (κ3) is 7.01. The minimum atomic E-state index is -0.0623. The van der Waals surface area contributed by atoms with Gasteiger partial charge in [-0.3, -0.25) is 14.7 Å². The van der Waals surface area contributed by atoms with Crippen LogP contribution in [0.2, 0.25) is 0 Å². The molecule has 0 aromatic heterocycles. The van der Waals surface area contributed by atoms with E-state index in [2.05, 4.69) is 51.4 Å². The van der Waals surface area contributed by atoms with Gasteiger partial charge in [0, 0.05) is 51.2 Å². The largest absolute Gasteiger partial charge is 0.497 e. The number of nitrogens with one attached hydrogen (secondary N) is 2. The SMILES string of the molecule is CN=C(NCC(C)(C)c1cccc(OC)c1)N1CCN(CC(=O)NC2CC2)CC1.I. The van der Waals surface area contributed by atoms with E-state index in [9.17, 15) is 4.79 Å². The first kappa shape index (κ1) is 24.7. The van der Waals surface area contributed by atoms with E-state index in [0.29, 0.717) is 12.6 Å². The van der Waals surface area contributed by atoms with Crippen molar-refractivity contribution in [2.24, 2.45) is 4.99 Å². The number of amides is 1. The molecule has 1 aliphatic carbocycles. The number of carbonyl (C=O) groups excluding carboxylic acids is 1. The van der Waals surface area contributed by atoms with Crippen LogP contribution in [0.3, 0.4) is 0 Å². The van der Waals surface area contributed by atoms with Crippen LogP contribution in [0.1, 0.15) is 32.3 Å². The van der Waals surface area contributed by atoms with E-state index in [1.807, 2.05) is 19.2 Å². The molecule has 1 amide bonds. The van der Waals surface area contributed by atoms with Gasteiger partial charge >= 0.3 is 0 Å². The molecule has 1 heterocycles. The van der Waals surface area contributed by atoms with E-state index in [0.717, 1.165) is 57.3 Å². The molecule has 2 N–H and O–H groups in total. The molecule has 0 bridgehead atoms. The van der Waals surface area contributed by atoms with Crippen molar-refractivity contribution < 1.29 is 9.53 Å². The Labute approximate surface area is 197 Å². The van der Waals surface area contributed by atoms with Gasteiger partial charge in [0.05, 0.1) is 13.7 Å². The molecule has 8 heteroatoms. The zero-order valence-electron chi connectivity index (χ0n) is 18.6. The Hall–Kier alpha value is -1.55. The van der Waals surface area contributed by atoms with Crippen molar-refractivity contribution in [1.82, 2.24) is 20.4 Å². The lowest BCUT2D eigenvalue weighted by molar-refractivity contribution is -0.122. The number of ether oxygens (including phenoxy) is 1. The van der Waals surface area contributed by atoms with Gasteiger partial charge < -0.3 is 20.3 Å². The summed E-state index contributed by atoms with van der Waals surface area (Å²) >= 11 is 0. The van der Waals surface area contributed by atoms with Crippen LogP contribution in [0.4, 0.5) is 0 Å². The van der Waals surface area contributed by atoms with Crippen LogP contribution in [-0.2, 0) is 10.2 Å². The molecule has 3 rings (SSSR count). The first-order chi connectivity index (χ1) is 13.9. The van der Waals surface area contributed by atoms with Crippen molar-refractivity contribution in [3.05, 3.63) is 29.8 Å². The standard InChI is InChI=1S/C22H35N5O2.HI/c1-22(2,17-6-5-7-19(14-17)29-4)16-24-21(23-3)27-12-10-26(11-13-27)15-20(28)25-18-8-9-18;/h5-7,14,18H,8-13,15-16H2,1-4H3,(H,23,24)(H,25,28);1H. The highest BCUT2D eigenvalue weighted by Gasteiger charge is 2.27. The summed E-state index contributed by atoms with van der Waals surface area (Å²) in [6.45, 7) is 9.20. The highest BCUT2D eigenvalue weighted by molar-refractivity contribution is 14.0. The summed E-state index contributed by atoms with van der Waals surface area (Å²) in [5.74, 6) is 1.95. The van der Waals surface area contributed by atoms with Crippen LogP contribution in [0, 0.1) is 0 Å². The van der Waals surface area contributed by atoms with E-state index >= 15 is 0 Å². The van der Waals surface area contributed by atoms with Crippen LogP contribution in [0.5, 0.6) is 5.75 Å².